The van der Waals surface area contributed by atoms with Crippen LogP contribution in [0.5, 0.6) is 0 Å². The summed E-state index contributed by atoms with van der Waals surface area (Å²) in [5.74, 6) is -0.199. The molecule has 0 spiro atoms. The maximum absolute atomic E-state index is 12.4. The average Bonchev–Trinajstić information content (AvgIpc) is 2.62. The molecule has 3 aromatic carbocycles. The largest absolute Gasteiger partial charge is 0.435 e. The lowest BCUT2D eigenvalue weighted by atomic mass is 10.2. The first-order valence-electron chi connectivity index (χ1n) is 7.48. The minimum absolute atomic E-state index is 0.199. The summed E-state index contributed by atoms with van der Waals surface area (Å²) >= 11 is 0. The molecule has 0 radical (unpaired) electrons. The van der Waals surface area contributed by atoms with Crippen LogP contribution in [-0.4, -0.2) is 5.97 Å². The highest BCUT2D eigenvalue weighted by atomic mass is 31.1. The van der Waals surface area contributed by atoms with Crippen LogP contribution in [0.2, 0.25) is 0 Å². The summed E-state index contributed by atoms with van der Waals surface area (Å²) in [7, 11) is -1.14. The molecule has 0 saturated carbocycles. The molecule has 3 aromatic rings. The Labute approximate surface area is 137 Å². The molecule has 114 valence electrons. The number of carbonyl (C=O) groups excluding carboxylic acids is 1. The molecule has 0 bridgehead atoms. The van der Waals surface area contributed by atoms with Gasteiger partial charge < -0.3 is 4.52 Å². The van der Waals surface area contributed by atoms with Gasteiger partial charge in [0, 0.05) is 10.6 Å². The van der Waals surface area contributed by atoms with Crippen molar-refractivity contribution in [2.24, 2.45) is 0 Å². The Morgan fingerprint density at radius 1 is 0.696 bits per heavy atom. The van der Waals surface area contributed by atoms with Crippen LogP contribution in [0.15, 0.2) is 91.0 Å². The molecule has 0 amide bonds. The van der Waals surface area contributed by atoms with Crippen LogP contribution in [0.3, 0.4) is 0 Å². The third-order valence-electron chi connectivity index (χ3n) is 3.37. The zero-order valence-electron chi connectivity index (χ0n) is 12.6. The van der Waals surface area contributed by atoms with Gasteiger partial charge in [-0.3, -0.25) is 4.79 Å². The fourth-order valence-electron chi connectivity index (χ4n) is 2.28. The Hall–Kier alpha value is -2.44. The molecule has 0 N–H and O–H groups in total. The monoisotopic (exact) mass is 320 g/mol. The van der Waals surface area contributed by atoms with E-state index in [1.165, 1.54) is 0 Å². The number of carbonyl (C=O) groups is 1. The van der Waals surface area contributed by atoms with E-state index in [4.69, 9.17) is 4.52 Å². The van der Waals surface area contributed by atoms with Gasteiger partial charge in [0.1, 0.15) is 0 Å². The van der Waals surface area contributed by atoms with E-state index in [1.54, 1.807) is 0 Å². The second-order valence-corrected chi connectivity index (χ2v) is 6.90. The van der Waals surface area contributed by atoms with Gasteiger partial charge in [-0.05, 0) is 5.56 Å². The van der Waals surface area contributed by atoms with Gasteiger partial charge in [-0.15, -0.1) is 0 Å². The number of hydrogen-bond acceptors (Lipinski definition) is 2. The molecule has 2 nitrogen and oxygen atoms in total. The fraction of sp³-hybridized carbons (Fsp3) is 0.0500. The molecule has 0 saturated heterocycles. The Balaban J connectivity index is 1.81. The number of benzene rings is 3. The maximum Gasteiger partial charge on any atom is 0.313 e. The van der Waals surface area contributed by atoms with Crippen molar-refractivity contribution in [3.63, 3.8) is 0 Å². The summed E-state index contributed by atoms with van der Waals surface area (Å²) in [5, 5.41) is 2.07. The predicted octanol–water partition coefficient (Wildman–Crippen LogP) is 3.82. The van der Waals surface area contributed by atoms with Gasteiger partial charge in [-0.25, -0.2) is 0 Å². The molecular formula is C20H17O2P. The number of rotatable bonds is 5. The van der Waals surface area contributed by atoms with Gasteiger partial charge >= 0.3 is 5.97 Å². The molecule has 3 rings (SSSR count). The Bertz CT molecular complexity index is 703. The van der Waals surface area contributed by atoms with Crippen molar-refractivity contribution in [1.82, 2.24) is 0 Å². The summed E-state index contributed by atoms with van der Waals surface area (Å²) < 4.78 is 5.85. The molecule has 3 heteroatoms. The van der Waals surface area contributed by atoms with Crippen molar-refractivity contribution in [3.05, 3.63) is 96.6 Å². The van der Waals surface area contributed by atoms with Gasteiger partial charge in [-0.2, -0.15) is 0 Å². The first kappa shape index (κ1) is 15.5. The molecule has 0 aromatic heterocycles. The molecule has 0 aliphatic rings. The molecule has 23 heavy (non-hydrogen) atoms. The maximum atomic E-state index is 12.4. The molecule has 0 unspecified atom stereocenters. The van der Waals surface area contributed by atoms with Crippen LogP contribution in [0.4, 0.5) is 0 Å². The van der Waals surface area contributed by atoms with Crippen molar-refractivity contribution in [2.75, 3.05) is 0 Å². The highest BCUT2D eigenvalue weighted by molar-refractivity contribution is 7.69. The van der Waals surface area contributed by atoms with E-state index in [1.807, 2.05) is 91.0 Å². The Morgan fingerprint density at radius 3 is 1.61 bits per heavy atom. The van der Waals surface area contributed by atoms with E-state index in [0.29, 0.717) is 6.42 Å². The number of hydrogen-bond donors (Lipinski definition) is 0. The van der Waals surface area contributed by atoms with Crippen LogP contribution in [-0.2, 0) is 15.7 Å². The van der Waals surface area contributed by atoms with E-state index < -0.39 is 8.15 Å². The average molecular weight is 320 g/mol. The molecule has 0 fully saturated rings. The SMILES string of the molecule is O=C(Cc1ccccc1)OP(c1ccccc1)c1ccccc1. The zero-order valence-corrected chi connectivity index (χ0v) is 13.5. The molecular weight excluding hydrogens is 303 g/mol. The van der Waals surface area contributed by atoms with Gasteiger partial charge in [0.25, 0.3) is 0 Å². The molecule has 0 heterocycles. The molecule has 0 aliphatic carbocycles. The first-order valence-corrected chi connectivity index (χ1v) is 8.74. The fourth-order valence-corrected chi connectivity index (χ4v) is 3.94. The van der Waals surface area contributed by atoms with Gasteiger partial charge in [0.15, 0.2) is 8.15 Å². The van der Waals surface area contributed by atoms with Crippen LogP contribution < -0.4 is 10.6 Å². The van der Waals surface area contributed by atoms with Gasteiger partial charge in [-0.1, -0.05) is 91.0 Å². The highest BCUT2D eigenvalue weighted by Gasteiger charge is 2.19. The summed E-state index contributed by atoms with van der Waals surface area (Å²) in [4.78, 5) is 12.4. The normalized spacial score (nSPS) is 10.5. The van der Waals surface area contributed by atoms with Gasteiger partial charge in [0.05, 0.1) is 6.42 Å². The lowest BCUT2D eigenvalue weighted by Gasteiger charge is -2.18. The molecule has 0 atom stereocenters. The second kappa shape index (κ2) is 7.71. The van der Waals surface area contributed by atoms with Crippen LogP contribution in [0.25, 0.3) is 0 Å². The minimum atomic E-state index is -1.14. The van der Waals surface area contributed by atoms with Crippen molar-refractivity contribution < 1.29 is 9.32 Å². The first-order chi connectivity index (χ1) is 11.3. The van der Waals surface area contributed by atoms with Crippen molar-refractivity contribution in [3.8, 4) is 0 Å². The summed E-state index contributed by atoms with van der Waals surface area (Å²) in [6.07, 6.45) is 0.291. The summed E-state index contributed by atoms with van der Waals surface area (Å²) in [5.41, 5.74) is 0.966. The zero-order chi connectivity index (χ0) is 15.9. The van der Waals surface area contributed by atoms with Crippen molar-refractivity contribution in [1.29, 1.82) is 0 Å². The third kappa shape index (κ3) is 4.28. The lowest BCUT2D eigenvalue weighted by molar-refractivity contribution is -0.132. The van der Waals surface area contributed by atoms with E-state index in [-0.39, 0.29) is 5.97 Å². The lowest BCUT2D eigenvalue weighted by Crippen LogP contribution is -2.17. The van der Waals surface area contributed by atoms with Crippen LogP contribution in [0.1, 0.15) is 5.56 Å². The predicted molar refractivity (Wildman–Crippen MR) is 95.3 cm³/mol. The Morgan fingerprint density at radius 2 is 1.13 bits per heavy atom. The quantitative estimate of drug-likeness (QED) is 0.668. The smallest absolute Gasteiger partial charge is 0.313 e. The summed E-state index contributed by atoms with van der Waals surface area (Å²) in [6, 6.07) is 29.5. The standard InChI is InChI=1S/C20H17O2P/c21-20(16-17-10-4-1-5-11-17)22-23(18-12-6-2-7-13-18)19-14-8-3-9-15-19/h1-15H,16H2. The Kier molecular flexibility index (Phi) is 5.18. The summed E-state index contributed by atoms with van der Waals surface area (Å²) in [6.45, 7) is 0. The van der Waals surface area contributed by atoms with E-state index in [0.717, 1.165) is 16.2 Å². The van der Waals surface area contributed by atoms with E-state index >= 15 is 0 Å². The van der Waals surface area contributed by atoms with E-state index in [2.05, 4.69) is 0 Å². The van der Waals surface area contributed by atoms with Crippen molar-refractivity contribution in [2.45, 2.75) is 6.42 Å². The van der Waals surface area contributed by atoms with Crippen molar-refractivity contribution >= 4 is 24.7 Å². The van der Waals surface area contributed by atoms with Crippen LogP contribution in [0, 0.1) is 0 Å². The van der Waals surface area contributed by atoms with Crippen LogP contribution >= 0.6 is 8.15 Å². The molecule has 0 aliphatic heterocycles. The second-order valence-electron chi connectivity index (χ2n) is 5.09. The minimum Gasteiger partial charge on any atom is -0.435 e. The van der Waals surface area contributed by atoms with E-state index in [9.17, 15) is 4.79 Å². The topological polar surface area (TPSA) is 26.3 Å². The third-order valence-corrected chi connectivity index (χ3v) is 5.29. The van der Waals surface area contributed by atoms with Gasteiger partial charge in [0.2, 0.25) is 0 Å². The highest BCUT2D eigenvalue weighted by Crippen LogP contribution is 2.35.